The zero-order valence-corrected chi connectivity index (χ0v) is 7.99. The molecule has 0 saturated carbocycles. The van der Waals surface area contributed by atoms with Gasteiger partial charge in [-0.15, -0.1) is 0 Å². The van der Waals surface area contributed by atoms with Crippen molar-refractivity contribution in [2.45, 2.75) is 6.92 Å². The molecule has 1 aromatic rings. The highest BCUT2D eigenvalue weighted by Gasteiger charge is 2.22. The Balaban J connectivity index is 3.06. The second kappa shape index (κ2) is 4.06. The third-order valence-electron chi connectivity index (χ3n) is 1.45. The number of nitro groups is 1. The van der Waals surface area contributed by atoms with E-state index in [1.165, 1.54) is 18.2 Å². The molecular weight excluding hydrogens is 208 g/mol. The fraction of sp³-hybridized carbons (Fsp3) is 0.125. The molecule has 0 unspecified atom stereocenters. The van der Waals surface area contributed by atoms with Crippen LogP contribution in [-0.4, -0.2) is 10.9 Å². The van der Waals surface area contributed by atoms with E-state index in [4.69, 9.17) is 11.6 Å². The van der Waals surface area contributed by atoms with E-state index >= 15 is 0 Å². The molecule has 73 valence electrons. The summed E-state index contributed by atoms with van der Waals surface area (Å²) in [6.07, 6.45) is 0. The Morgan fingerprint density at radius 1 is 1.64 bits per heavy atom. The van der Waals surface area contributed by atoms with Crippen molar-refractivity contribution in [3.8, 4) is 0 Å². The lowest BCUT2D eigenvalue weighted by molar-refractivity contribution is -0.483. The average Bonchev–Trinajstić information content (AvgIpc) is 2.07. The van der Waals surface area contributed by atoms with E-state index in [2.05, 4.69) is 6.07 Å². The van der Waals surface area contributed by atoms with Crippen molar-refractivity contribution in [1.29, 1.82) is 0 Å². The summed E-state index contributed by atoms with van der Waals surface area (Å²) in [6, 6.07) is 6.69. The van der Waals surface area contributed by atoms with E-state index in [1.54, 1.807) is 0 Å². The maximum atomic E-state index is 10.9. The molecule has 0 atom stereocenters. The van der Waals surface area contributed by atoms with Gasteiger partial charge in [-0.3, -0.25) is 4.79 Å². The summed E-state index contributed by atoms with van der Waals surface area (Å²) in [5, 5.41) is 10.5. The molecule has 1 aromatic carbocycles. The SMILES string of the molecule is CC(=O)N(c1[c]cc(Cl)cc1)[N+](=O)[O-]. The lowest BCUT2D eigenvalue weighted by Gasteiger charge is -2.08. The summed E-state index contributed by atoms with van der Waals surface area (Å²) in [7, 11) is 0. The largest absolute Gasteiger partial charge is 0.286 e. The van der Waals surface area contributed by atoms with E-state index in [-0.39, 0.29) is 5.69 Å². The normalized spacial score (nSPS) is 9.57. The number of hydrogen-bond donors (Lipinski definition) is 0. The Kier molecular flexibility index (Phi) is 3.03. The highest BCUT2D eigenvalue weighted by Crippen LogP contribution is 2.17. The van der Waals surface area contributed by atoms with Crippen molar-refractivity contribution in [2.24, 2.45) is 0 Å². The van der Waals surface area contributed by atoms with Gasteiger partial charge in [0.2, 0.25) is 0 Å². The minimum Gasteiger partial charge on any atom is -0.269 e. The van der Waals surface area contributed by atoms with Crippen molar-refractivity contribution in [1.82, 2.24) is 0 Å². The molecule has 0 bridgehead atoms. The van der Waals surface area contributed by atoms with Gasteiger partial charge in [0.15, 0.2) is 5.03 Å². The highest BCUT2D eigenvalue weighted by atomic mass is 35.5. The smallest absolute Gasteiger partial charge is 0.269 e. The fourth-order valence-corrected chi connectivity index (χ4v) is 1.02. The Labute approximate surface area is 85.0 Å². The van der Waals surface area contributed by atoms with Crippen LogP contribution in [0.1, 0.15) is 6.92 Å². The molecule has 0 N–H and O–H groups in total. The number of hydrogen-bond acceptors (Lipinski definition) is 3. The van der Waals surface area contributed by atoms with E-state index < -0.39 is 10.9 Å². The van der Waals surface area contributed by atoms with E-state index in [9.17, 15) is 14.9 Å². The number of rotatable bonds is 2. The molecule has 0 spiro atoms. The number of anilines is 1. The van der Waals surface area contributed by atoms with Crippen LogP contribution in [0.25, 0.3) is 0 Å². The van der Waals surface area contributed by atoms with Gasteiger partial charge in [-0.05, 0) is 23.2 Å². The van der Waals surface area contributed by atoms with Crippen LogP contribution in [0.4, 0.5) is 5.69 Å². The first kappa shape index (κ1) is 10.5. The number of halogens is 1. The first-order chi connectivity index (χ1) is 6.52. The topological polar surface area (TPSA) is 63.5 Å². The molecule has 0 aliphatic rings. The van der Waals surface area contributed by atoms with Gasteiger partial charge in [0.1, 0.15) is 5.69 Å². The van der Waals surface area contributed by atoms with Crippen LogP contribution in [0, 0.1) is 16.2 Å². The van der Waals surface area contributed by atoms with Crippen molar-refractivity contribution in [2.75, 3.05) is 5.01 Å². The van der Waals surface area contributed by atoms with Gasteiger partial charge < -0.3 is 0 Å². The third-order valence-corrected chi connectivity index (χ3v) is 1.68. The highest BCUT2D eigenvalue weighted by molar-refractivity contribution is 6.30. The van der Waals surface area contributed by atoms with Crippen LogP contribution < -0.4 is 5.01 Å². The molecule has 0 saturated heterocycles. The molecule has 1 radical (unpaired) electrons. The molecule has 0 heterocycles. The van der Waals surface area contributed by atoms with E-state index in [0.717, 1.165) is 6.92 Å². The maximum Gasteiger partial charge on any atom is 0.286 e. The van der Waals surface area contributed by atoms with Crippen LogP contribution in [-0.2, 0) is 4.79 Å². The first-order valence-corrected chi connectivity index (χ1v) is 4.02. The van der Waals surface area contributed by atoms with Gasteiger partial charge in [0.25, 0.3) is 5.91 Å². The molecule has 6 heteroatoms. The Morgan fingerprint density at radius 2 is 2.29 bits per heavy atom. The summed E-state index contributed by atoms with van der Waals surface area (Å²) >= 11 is 5.57. The molecule has 1 rings (SSSR count). The van der Waals surface area contributed by atoms with Gasteiger partial charge >= 0.3 is 0 Å². The Hall–Kier alpha value is -1.62. The lowest BCUT2D eigenvalue weighted by Crippen LogP contribution is -2.34. The lowest BCUT2D eigenvalue weighted by atomic mass is 10.3. The van der Waals surface area contributed by atoms with Crippen LogP contribution in [0.5, 0.6) is 0 Å². The number of benzene rings is 1. The standard InChI is InChI=1S/C8H6ClN2O3/c1-6(12)10(11(13)14)8-4-2-7(9)3-5-8/h2-4H,1H3. The minimum atomic E-state index is -0.804. The van der Waals surface area contributed by atoms with Crippen LogP contribution in [0.3, 0.4) is 0 Å². The minimum absolute atomic E-state index is 0.0619. The van der Waals surface area contributed by atoms with E-state index in [0.29, 0.717) is 10.0 Å². The summed E-state index contributed by atoms with van der Waals surface area (Å²) in [5.41, 5.74) is 0.0619. The average molecular weight is 214 g/mol. The fourth-order valence-electron chi connectivity index (χ4n) is 0.902. The van der Waals surface area contributed by atoms with Crippen molar-refractivity contribution >= 4 is 23.2 Å². The number of carbonyl (C=O) groups is 1. The summed E-state index contributed by atoms with van der Waals surface area (Å²) in [6.45, 7) is 1.10. The maximum absolute atomic E-state index is 10.9. The number of hydrazine groups is 1. The molecule has 0 aliphatic carbocycles. The molecule has 14 heavy (non-hydrogen) atoms. The molecular formula is C8H6ClN2O3. The zero-order valence-electron chi connectivity index (χ0n) is 7.23. The van der Waals surface area contributed by atoms with Crippen LogP contribution >= 0.6 is 11.6 Å². The van der Waals surface area contributed by atoms with Crippen LogP contribution in [0.15, 0.2) is 18.2 Å². The van der Waals surface area contributed by atoms with Crippen molar-refractivity contribution in [3.63, 3.8) is 0 Å². The number of nitrogens with zero attached hydrogens (tertiary/aromatic N) is 2. The van der Waals surface area contributed by atoms with Gasteiger partial charge in [0, 0.05) is 18.0 Å². The third kappa shape index (κ3) is 2.20. The van der Waals surface area contributed by atoms with Gasteiger partial charge in [-0.25, -0.2) is 10.1 Å². The molecule has 1 amide bonds. The van der Waals surface area contributed by atoms with Gasteiger partial charge in [0.05, 0.1) is 0 Å². The molecule has 0 aliphatic heterocycles. The molecule has 0 aromatic heterocycles. The molecule has 5 nitrogen and oxygen atoms in total. The predicted molar refractivity (Wildman–Crippen MR) is 50.4 cm³/mol. The second-order valence-corrected chi connectivity index (χ2v) is 2.90. The zero-order chi connectivity index (χ0) is 10.7. The monoisotopic (exact) mass is 213 g/mol. The second-order valence-electron chi connectivity index (χ2n) is 2.46. The van der Waals surface area contributed by atoms with Crippen molar-refractivity contribution in [3.05, 3.63) is 39.4 Å². The first-order valence-electron chi connectivity index (χ1n) is 3.64. The van der Waals surface area contributed by atoms with Crippen molar-refractivity contribution < 1.29 is 9.83 Å². The van der Waals surface area contributed by atoms with Crippen LogP contribution in [0.2, 0.25) is 5.02 Å². The van der Waals surface area contributed by atoms with Gasteiger partial charge in [-0.2, -0.15) is 0 Å². The van der Waals surface area contributed by atoms with Gasteiger partial charge in [-0.1, -0.05) is 11.6 Å². The summed E-state index contributed by atoms with van der Waals surface area (Å²) in [4.78, 5) is 21.4. The number of amides is 1. The summed E-state index contributed by atoms with van der Waals surface area (Å²) in [5.74, 6) is -0.687. The number of carbonyl (C=O) groups excluding carboxylic acids is 1. The van der Waals surface area contributed by atoms with E-state index in [1.807, 2.05) is 0 Å². The Morgan fingerprint density at radius 3 is 2.64 bits per heavy atom. The summed E-state index contributed by atoms with van der Waals surface area (Å²) < 4.78 is 0. The molecule has 0 fully saturated rings. The Bertz CT molecular complexity index is 349. The quantitative estimate of drug-likeness (QED) is 0.555. The predicted octanol–water partition coefficient (Wildman–Crippen LogP) is 1.68.